The summed E-state index contributed by atoms with van der Waals surface area (Å²) < 4.78 is 28.2. The molecular formula is C29H38ClF2N3O2. The summed E-state index contributed by atoms with van der Waals surface area (Å²) in [5.74, 6) is -2.21. The normalized spacial score (nSPS) is 19.0. The Labute approximate surface area is 224 Å². The number of carbonyl (C=O) groups excluding carboxylic acids is 2. The molecule has 1 aliphatic heterocycles. The van der Waals surface area contributed by atoms with E-state index in [1.165, 1.54) is 12.1 Å². The SMILES string of the molecule is CCCC(=O)N[C@@H](CCCNC(=O)[C@@H]1CN(C(C)(C)C)C[C@H]1c1ccc(F)cc1F)c1ccc(Cl)cc1. The smallest absolute Gasteiger partial charge is 0.225 e. The zero-order valence-corrected chi connectivity index (χ0v) is 22.9. The molecule has 8 heteroatoms. The van der Waals surface area contributed by atoms with Gasteiger partial charge in [0.2, 0.25) is 11.8 Å². The number of halogens is 3. The van der Waals surface area contributed by atoms with Crippen molar-refractivity contribution in [3.63, 3.8) is 0 Å². The lowest BCUT2D eigenvalue weighted by Crippen LogP contribution is -2.41. The van der Waals surface area contributed by atoms with Crippen LogP contribution in [0.3, 0.4) is 0 Å². The molecule has 37 heavy (non-hydrogen) atoms. The van der Waals surface area contributed by atoms with Gasteiger partial charge in [-0.3, -0.25) is 14.5 Å². The highest BCUT2D eigenvalue weighted by Gasteiger charge is 2.42. The molecule has 0 bridgehead atoms. The summed E-state index contributed by atoms with van der Waals surface area (Å²) in [7, 11) is 0. The van der Waals surface area contributed by atoms with E-state index in [1.807, 2.05) is 19.1 Å². The standard InChI is InChI=1S/C29H38ClF2N3O2/c1-5-7-27(36)34-26(19-9-11-20(30)12-10-19)8-6-15-33-28(37)24-18-35(29(2,3)4)17-23(24)22-14-13-21(31)16-25(22)32/h9-14,16,23-24,26H,5-8,15,17-18H2,1-4H3,(H,33,37)(H,34,36)/t23-,24+,26-/m0/s1. The fourth-order valence-electron chi connectivity index (χ4n) is 4.89. The molecule has 0 saturated carbocycles. The Morgan fingerprint density at radius 2 is 1.81 bits per heavy atom. The molecule has 1 heterocycles. The van der Waals surface area contributed by atoms with Crippen molar-refractivity contribution in [1.82, 2.24) is 15.5 Å². The first kappa shape index (κ1) is 29.1. The average Bonchev–Trinajstić information content (AvgIpc) is 3.27. The predicted octanol–water partition coefficient (Wildman–Crippen LogP) is 5.99. The number of hydrogen-bond donors (Lipinski definition) is 2. The van der Waals surface area contributed by atoms with Gasteiger partial charge in [-0.05, 0) is 69.4 Å². The van der Waals surface area contributed by atoms with Gasteiger partial charge in [0.05, 0.1) is 12.0 Å². The Hall–Kier alpha value is -2.51. The summed E-state index contributed by atoms with van der Waals surface area (Å²) in [5.41, 5.74) is 1.14. The van der Waals surface area contributed by atoms with Crippen molar-refractivity contribution in [2.24, 2.45) is 5.92 Å². The quantitative estimate of drug-likeness (QED) is 0.369. The molecule has 0 aromatic heterocycles. The van der Waals surface area contributed by atoms with Gasteiger partial charge in [-0.1, -0.05) is 36.7 Å². The molecule has 3 rings (SSSR count). The Kier molecular flexibility index (Phi) is 10.1. The fourth-order valence-corrected chi connectivity index (χ4v) is 5.02. The van der Waals surface area contributed by atoms with Gasteiger partial charge in [0.1, 0.15) is 11.6 Å². The lowest BCUT2D eigenvalue weighted by Gasteiger charge is -2.31. The minimum Gasteiger partial charge on any atom is -0.356 e. The van der Waals surface area contributed by atoms with E-state index in [-0.39, 0.29) is 29.3 Å². The summed E-state index contributed by atoms with van der Waals surface area (Å²) in [6.07, 6.45) is 2.51. The zero-order valence-electron chi connectivity index (χ0n) is 22.1. The minimum atomic E-state index is -0.630. The number of hydrogen-bond acceptors (Lipinski definition) is 3. The maximum absolute atomic E-state index is 14.7. The second kappa shape index (κ2) is 12.8. The van der Waals surface area contributed by atoms with Crippen LogP contribution in [0.5, 0.6) is 0 Å². The second-order valence-electron chi connectivity index (χ2n) is 10.8. The number of rotatable bonds is 10. The van der Waals surface area contributed by atoms with E-state index in [1.54, 1.807) is 12.1 Å². The van der Waals surface area contributed by atoms with Crippen LogP contribution in [0.4, 0.5) is 8.78 Å². The molecule has 2 N–H and O–H groups in total. The highest BCUT2D eigenvalue weighted by molar-refractivity contribution is 6.30. The highest BCUT2D eigenvalue weighted by Crippen LogP contribution is 2.37. The maximum Gasteiger partial charge on any atom is 0.225 e. The number of carbonyl (C=O) groups is 2. The molecule has 0 spiro atoms. The van der Waals surface area contributed by atoms with Crippen molar-refractivity contribution >= 4 is 23.4 Å². The van der Waals surface area contributed by atoms with Gasteiger partial charge in [-0.25, -0.2) is 8.78 Å². The van der Waals surface area contributed by atoms with Crippen LogP contribution in [-0.2, 0) is 9.59 Å². The Bertz CT molecular complexity index is 1070. The molecule has 202 valence electrons. The molecule has 5 nitrogen and oxygen atoms in total. The van der Waals surface area contributed by atoms with E-state index in [9.17, 15) is 18.4 Å². The van der Waals surface area contributed by atoms with E-state index in [0.717, 1.165) is 18.1 Å². The van der Waals surface area contributed by atoms with Gasteiger partial charge in [0.25, 0.3) is 0 Å². The fraction of sp³-hybridized carbons (Fsp3) is 0.517. The molecule has 2 aromatic carbocycles. The number of amides is 2. The number of benzene rings is 2. The second-order valence-corrected chi connectivity index (χ2v) is 11.2. The van der Waals surface area contributed by atoms with Crippen LogP contribution in [0.25, 0.3) is 0 Å². The number of likely N-dealkylation sites (tertiary alicyclic amines) is 1. The number of nitrogens with one attached hydrogen (secondary N) is 2. The van der Waals surface area contributed by atoms with Crippen LogP contribution in [0.2, 0.25) is 5.02 Å². The van der Waals surface area contributed by atoms with Crippen molar-refractivity contribution in [3.8, 4) is 0 Å². The highest BCUT2D eigenvalue weighted by atomic mass is 35.5. The van der Waals surface area contributed by atoms with Crippen LogP contribution >= 0.6 is 11.6 Å². The average molecular weight is 534 g/mol. The van der Waals surface area contributed by atoms with E-state index in [4.69, 9.17) is 11.6 Å². The molecular weight excluding hydrogens is 496 g/mol. The largest absolute Gasteiger partial charge is 0.356 e. The summed E-state index contributed by atoms with van der Waals surface area (Å²) in [4.78, 5) is 27.7. The lowest BCUT2D eigenvalue weighted by molar-refractivity contribution is -0.125. The topological polar surface area (TPSA) is 61.4 Å². The number of nitrogens with zero attached hydrogens (tertiary/aromatic N) is 1. The van der Waals surface area contributed by atoms with E-state index >= 15 is 0 Å². The van der Waals surface area contributed by atoms with Crippen molar-refractivity contribution in [2.45, 2.75) is 70.9 Å². The first-order chi connectivity index (χ1) is 17.5. The van der Waals surface area contributed by atoms with Crippen LogP contribution in [-0.4, -0.2) is 41.9 Å². The molecule has 1 aliphatic rings. The third kappa shape index (κ3) is 7.99. The lowest BCUT2D eigenvalue weighted by atomic mass is 9.88. The third-order valence-corrected chi connectivity index (χ3v) is 7.27. The monoisotopic (exact) mass is 533 g/mol. The summed E-state index contributed by atoms with van der Waals surface area (Å²) in [6.45, 7) is 9.60. The predicted molar refractivity (Wildman–Crippen MR) is 143 cm³/mol. The van der Waals surface area contributed by atoms with Gasteiger partial charge >= 0.3 is 0 Å². The van der Waals surface area contributed by atoms with Crippen molar-refractivity contribution < 1.29 is 18.4 Å². The van der Waals surface area contributed by atoms with Crippen molar-refractivity contribution in [1.29, 1.82) is 0 Å². The molecule has 2 aromatic rings. The Balaban J connectivity index is 1.65. The Morgan fingerprint density at radius 1 is 1.11 bits per heavy atom. The first-order valence-corrected chi connectivity index (χ1v) is 13.4. The van der Waals surface area contributed by atoms with E-state index in [0.29, 0.717) is 49.5 Å². The van der Waals surface area contributed by atoms with Crippen LogP contribution in [0, 0.1) is 17.6 Å². The molecule has 0 unspecified atom stereocenters. The van der Waals surface area contributed by atoms with E-state index in [2.05, 4.69) is 36.3 Å². The summed E-state index contributed by atoms with van der Waals surface area (Å²) in [6, 6.07) is 10.8. The van der Waals surface area contributed by atoms with E-state index < -0.39 is 17.6 Å². The van der Waals surface area contributed by atoms with Crippen molar-refractivity contribution in [3.05, 3.63) is 70.2 Å². The van der Waals surface area contributed by atoms with Gasteiger partial charge in [0, 0.05) is 48.6 Å². The van der Waals surface area contributed by atoms with Crippen LogP contribution in [0.1, 0.15) is 76.5 Å². The molecule has 0 aliphatic carbocycles. The molecule has 1 saturated heterocycles. The molecule has 2 amide bonds. The van der Waals surface area contributed by atoms with Gasteiger partial charge in [-0.15, -0.1) is 0 Å². The Morgan fingerprint density at radius 3 is 2.43 bits per heavy atom. The third-order valence-electron chi connectivity index (χ3n) is 7.02. The molecule has 0 radical (unpaired) electrons. The molecule has 3 atom stereocenters. The molecule has 1 fully saturated rings. The minimum absolute atomic E-state index is 0.0103. The van der Waals surface area contributed by atoms with Crippen LogP contribution in [0.15, 0.2) is 42.5 Å². The van der Waals surface area contributed by atoms with Gasteiger partial charge in [-0.2, -0.15) is 0 Å². The summed E-state index contributed by atoms with van der Waals surface area (Å²) >= 11 is 6.03. The van der Waals surface area contributed by atoms with Crippen molar-refractivity contribution in [2.75, 3.05) is 19.6 Å². The van der Waals surface area contributed by atoms with Gasteiger partial charge < -0.3 is 10.6 Å². The summed E-state index contributed by atoms with van der Waals surface area (Å²) in [5, 5.41) is 6.74. The first-order valence-electron chi connectivity index (χ1n) is 13.0. The maximum atomic E-state index is 14.7. The van der Waals surface area contributed by atoms with Gasteiger partial charge in [0.15, 0.2) is 0 Å². The van der Waals surface area contributed by atoms with Crippen LogP contribution < -0.4 is 10.6 Å². The zero-order chi connectivity index (χ0) is 27.2.